The lowest BCUT2D eigenvalue weighted by atomic mass is 10.1. The molecule has 21 heavy (non-hydrogen) atoms. The lowest BCUT2D eigenvalue weighted by Gasteiger charge is -2.19. The van der Waals surface area contributed by atoms with Gasteiger partial charge >= 0.3 is 0 Å². The van der Waals surface area contributed by atoms with Crippen LogP contribution < -0.4 is 16.0 Å². The van der Waals surface area contributed by atoms with E-state index in [1.54, 1.807) is 31.2 Å². The lowest BCUT2D eigenvalue weighted by molar-refractivity contribution is 0.0786. The van der Waals surface area contributed by atoms with Crippen molar-refractivity contribution < 1.29 is 9.53 Å². The van der Waals surface area contributed by atoms with Gasteiger partial charge in [-0.2, -0.15) is 0 Å². The Kier molecular flexibility index (Phi) is 4.79. The molecule has 0 aliphatic carbocycles. The van der Waals surface area contributed by atoms with Crippen LogP contribution in [0.3, 0.4) is 0 Å². The second-order valence-electron chi connectivity index (χ2n) is 4.70. The number of hydrogen-bond acceptors (Lipinski definition) is 4. The number of nitrogens with one attached hydrogen (secondary N) is 1. The van der Waals surface area contributed by atoms with Gasteiger partial charge in [-0.05, 0) is 29.8 Å². The third-order valence-corrected chi connectivity index (χ3v) is 3.24. The Hall–Kier alpha value is -2.53. The van der Waals surface area contributed by atoms with E-state index in [1.165, 1.54) is 0 Å². The highest BCUT2D eigenvalue weighted by molar-refractivity contribution is 5.99. The molecule has 2 aromatic carbocycles. The highest BCUT2D eigenvalue weighted by atomic mass is 16.5. The van der Waals surface area contributed by atoms with Gasteiger partial charge in [-0.25, -0.2) is 0 Å². The van der Waals surface area contributed by atoms with Crippen molar-refractivity contribution in [3.63, 3.8) is 0 Å². The molecule has 0 saturated heterocycles. The minimum atomic E-state index is -0.0839. The van der Waals surface area contributed by atoms with Gasteiger partial charge in [-0.15, -0.1) is 0 Å². The lowest BCUT2D eigenvalue weighted by Crippen LogP contribution is -2.27. The van der Waals surface area contributed by atoms with Crippen molar-refractivity contribution in [3.8, 4) is 5.75 Å². The van der Waals surface area contributed by atoms with Gasteiger partial charge in [0.15, 0.2) is 0 Å². The molecule has 0 aliphatic rings. The standard InChI is InChI=1S/C16H19N3O2/c1-19(11-12-7-9-13(21-2)10-8-12)16(20)14-5-3-4-6-15(14)18-17/h3-10,18H,11,17H2,1-2H3. The summed E-state index contributed by atoms with van der Waals surface area (Å²) in [5.41, 5.74) is 4.75. The van der Waals surface area contributed by atoms with Crippen LogP contribution in [0.4, 0.5) is 5.69 Å². The van der Waals surface area contributed by atoms with Crippen LogP contribution in [0, 0.1) is 0 Å². The average molecular weight is 285 g/mol. The number of nitrogens with two attached hydrogens (primary N) is 1. The summed E-state index contributed by atoms with van der Waals surface area (Å²) in [6, 6.07) is 14.8. The Bertz CT molecular complexity index is 611. The fraction of sp³-hybridized carbons (Fsp3) is 0.188. The van der Waals surface area contributed by atoms with Gasteiger partial charge in [0, 0.05) is 13.6 Å². The normalized spacial score (nSPS) is 10.0. The zero-order valence-corrected chi connectivity index (χ0v) is 12.2. The number of benzene rings is 2. The molecule has 0 heterocycles. The first-order valence-electron chi connectivity index (χ1n) is 6.59. The molecular weight excluding hydrogens is 266 g/mol. The van der Waals surface area contributed by atoms with Crippen LogP contribution in [0.1, 0.15) is 15.9 Å². The number of carbonyl (C=O) groups is 1. The third-order valence-electron chi connectivity index (χ3n) is 3.24. The first kappa shape index (κ1) is 14.9. The molecule has 110 valence electrons. The van der Waals surface area contributed by atoms with E-state index < -0.39 is 0 Å². The number of para-hydroxylation sites is 1. The number of hydrogen-bond donors (Lipinski definition) is 2. The summed E-state index contributed by atoms with van der Waals surface area (Å²) in [5.74, 6) is 6.15. The molecule has 0 saturated carbocycles. The topological polar surface area (TPSA) is 67.6 Å². The largest absolute Gasteiger partial charge is 0.497 e. The van der Waals surface area contributed by atoms with Crippen LogP contribution in [0.2, 0.25) is 0 Å². The summed E-state index contributed by atoms with van der Waals surface area (Å²) in [7, 11) is 3.39. The van der Waals surface area contributed by atoms with Gasteiger partial charge in [0.2, 0.25) is 0 Å². The van der Waals surface area contributed by atoms with Crippen LogP contribution in [0.15, 0.2) is 48.5 Å². The van der Waals surface area contributed by atoms with Crippen molar-refractivity contribution in [2.75, 3.05) is 19.6 Å². The van der Waals surface area contributed by atoms with Gasteiger partial charge in [0.05, 0.1) is 18.4 Å². The number of nitrogen functional groups attached to an aromatic ring is 1. The van der Waals surface area contributed by atoms with Gasteiger partial charge in [-0.1, -0.05) is 24.3 Å². The van der Waals surface area contributed by atoms with E-state index in [4.69, 9.17) is 10.6 Å². The Morgan fingerprint density at radius 2 is 1.86 bits per heavy atom. The smallest absolute Gasteiger partial charge is 0.256 e. The van der Waals surface area contributed by atoms with Crippen molar-refractivity contribution in [2.45, 2.75) is 6.54 Å². The van der Waals surface area contributed by atoms with Gasteiger partial charge < -0.3 is 15.1 Å². The third kappa shape index (κ3) is 3.52. The SMILES string of the molecule is COc1ccc(CN(C)C(=O)c2ccccc2NN)cc1. The Morgan fingerprint density at radius 3 is 2.48 bits per heavy atom. The number of hydrazine groups is 1. The van der Waals surface area contributed by atoms with Crippen LogP contribution >= 0.6 is 0 Å². The van der Waals surface area contributed by atoms with Crippen LogP contribution in [-0.2, 0) is 6.54 Å². The van der Waals surface area contributed by atoms with Crippen molar-refractivity contribution in [2.24, 2.45) is 5.84 Å². The molecular formula is C16H19N3O2. The number of anilines is 1. The fourth-order valence-corrected chi connectivity index (χ4v) is 2.08. The molecule has 5 nitrogen and oxygen atoms in total. The summed E-state index contributed by atoms with van der Waals surface area (Å²) in [6.07, 6.45) is 0. The number of amides is 1. The molecule has 0 unspecified atom stereocenters. The van der Waals surface area contributed by atoms with Crippen LogP contribution in [0.5, 0.6) is 5.75 Å². The van der Waals surface area contributed by atoms with Crippen LogP contribution in [-0.4, -0.2) is 25.0 Å². The van der Waals surface area contributed by atoms with Crippen molar-refractivity contribution in [1.82, 2.24) is 4.90 Å². The van der Waals surface area contributed by atoms with Gasteiger partial charge in [0.1, 0.15) is 5.75 Å². The van der Waals surface area contributed by atoms with Crippen molar-refractivity contribution in [1.29, 1.82) is 0 Å². The summed E-state index contributed by atoms with van der Waals surface area (Å²) >= 11 is 0. The molecule has 0 fully saturated rings. The summed E-state index contributed by atoms with van der Waals surface area (Å²) in [5, 5.41) is 0. The van der Waals surface area contributed by atoms with Crippen LogP contribution in [0.25, 0.3) is 0 Å². The number of nitrogens with zero attached hydrogens (tertiary/aromatic N) is 1. The molecule has 3 N–H and O–H groups in total. The molecule has 5 heteroatoms. The number of carbonyl (C=O) groups excluding carboxylic acids is 1. The monoisotopic (exact) mass is 285 g/mol. The Labute approximate surface area is 124 Å². The summed E-state index contributed by atoms with van der Waals surface area (Å²) < 4.78 is 5.12. The van der Waals surface area contributed by atoms with Crippen molar-refractivity contribution in [3.05, 3.63) is 59.7 Å². The highest BCUT2D eigenvalue weighted by Gasteiger charge is 2.15. The predicted octanol–water partition coefficient (Wildman–Crippen LogP) is 2.25. The van der Waals surface area contributed by atoms with Gasteiger partial charge in [0.25, 0.3) is 5.91 Å². The first-order chi connectivity index (χ1) is 10.2. The minimum absolute atomic E-state index is 0.0839. The molecule has 0 aliphatic heterocycles. The molecule has 0 aromatic heterocycles. The second-order valence-corrected chi connectivity index (χ2v) is 4.70. The minimum Gasteiger partial charge on any atom is -0.497 e. The molecule has 2 aromatic rings. The predicted molar refractivity (Wildman–Crippen MR) is 83.0 cm³/mol. The quantitative estimate of drug-likeness (QED) is 0.653. The van der Waals surface area contributed by atoms with Crippen molar-refractivity contribution >= 4 is 11.6 Å². The second kappa shape index (κ2) is 6.76. The fourth-order valence-electron chi connectivity index (χ4n) is 2.08. The molecule has 0 spiro atoms. The van der Waals surface area contributed by atoms with E-state index in [2.05, 4.69) is 5.43 Å². The zero-order chi connectivity index (χ0) is 15.2. The molecule has 2 rings (SSSR count). The maximum absolute atomic E-state index is 12.5. The van der Waals surface area contributed by atoms with E-state index in [1.807, 2.05) is 36.4 Å². The maximum atomic E-state index is 12.5. The zero-order valence-electron chi connectivity index (χ0n) is 12.2. The number of rotatable bonds is 5. The van der Waals surface area contributed by atoms with E-state index in [-0.39, 0.29) is 5.91 Å². The van der Waals surface area contributed by atoms with E-state index >= 15 is 0 Å². The maximum Gasteiger partial charge on any atom is 0.256 e. The average Bonchev–Trinajstić information content (AvgIpc) is 2.54. The van der Waals surface area contributed by atoms with Gasteiger partial charge in [-0.3, -0.25) is 10.6 Å². The van der Waals surface area contributed by atoms with E-state index in [9.17, 15) is 4.79 Å². The molecule has 0 radical (unpaired) electrons. The Balaban J connectivity index is 2.11. The molecule has 1 amide bonds. The number of ether oxygens (including phenoxy) is 1. The molecule has 0 atom stereocenters. The summed E-state index contributed by atoms with van der Waals surface area (Å²) in [4.78, 5) is 14.1. The summed E-state index contributed by atoms with van der Waals surface area (Å²) in [6.45, 7) is 0.516. The Morgan fingerprint density at radius 1 is 1.19 bits per heavy atom. The van der Waals surface area contributed by atoms with E-state index in [0.29, 0.717) is 17.8 Å². The van der Waals surface area contributed by atoms with E-state index in [0.717, 1.165) is 11.3 Å². The first-order valence-corrected chi connectivity index (χ1v) is 6.59. The number of methoxy groups -OCH3 is 1. The highest BCUT2D eigenvalue weighted by Crippen LogP contribution is 2.17. The molecule has 0 bridgehead atoms.